The standard InChI is InChI=1S/C14H11BrF3NO/c15-11-5-12(19)7-13(6-11)20-8-9-1-3-10(4-2-9)14(16,17)18/h1-7H,8,19H2. The summed E-state index contributed by atoms with van der Waals surface area (Å²) in [6.07, 6.45) is -4.32. The molecule has 0 unspecified atom stereocenters. The van der Waals surface area contributed by atoms with Crippen LogP contribution in [0.4, 0.5) is 18.9 Å². The number of benzene rings is 2. The molecule has 0 aliphatic rings. The van der Waals surface area contributed by atoms with Crippen molar-refractivity contribution < 1.29 is 17.9 Å². The molecule has 0 atom stereocenters. The van der Waals surface area contributed by atoms with E-state index in [1.54, 1.807) is 18.2 Å². The molecule has 0 radical (unpaired) electrons. The summed E-state index contributed by atoms with van der Waals surface area (Å²) in [4.78, 5) is 0. The van der Waals surface area contributed by atoms with Crippen molar-refractivity contribution >= 4 is 21.6 Å². The van der Waals surface area contributed by atoms with Gasteiger partial charge in [-0.05, 0) is 29.8 Å². The van der Waals surface area contributed by atoms with Gasteiger partial charge in [0.25, 0.3) is 0 Å². The first-order chi connectivity index (χ1) is 9.34. The summed E-state index contributed by atoms with van der Waals surface area (Å²) in [6, 6.07) is 9.97. The molecule has 2 nitrogen and oxygen atoms in total. The minimum absolute atomic E-state index is 0.175. The van der Waals surface area contributed by atoms with E-state index in [1.165, 1.54) is 12.1 Å². The predicted octanol–water partition coefficient (Wildman–Crippen LogP) is 4.63. The van der Waals surface area contributed by atoms with Gasteiger partial charge in [-0.15, -0.1) is 0 Å². The lowest BCUT2D eigenvalue weighted by atomic mass is 10.1. The van der Waals surface area contributed by atoms with Crippen LogP contribution in [0.1, 0.15) is 11.1 Å². The molecule has 2 aromatic rings. The maximum atomic E-state index is 12.4. The normalized spacial score (nSPS) is 11.4. The van der Waals surface area contributed by atoms with Crippen LogP contribution in [0.2, 0.25) is 0 Å². The maximum absolute atomic E-state index is 12.4. The molecule has 0 saturated carbocycles. The molecule has 106 valence electrons. The molecule has 0 fully saturated rings. The first-order valence-electron chi connectivity index (χ1n) is 5.69. The molecule has 0 heterocycles. The van der Waals surface area contributed by atoms with E-state index in [-0.39, 0.29) is 6.61 Å². The van der Waals surface area contributed by atoms with Crippen LogP contribution in [0.3, 0.4) is 0 Å². The summed E-state index contributed by atoms with van der Waals surface area (Å²) in [5.41, 5.74) is 6.18. The minimum atomic E-state index is -4.32. The Labute approximate surface area is 122 Å². The van der Waals surface area contributed by atoms with Crippen molar-refractivity contribution in [1.82, 2.24) is 0 Å². The monoisotopic (exact) mass is 345 g/mol. The molecular formula is C14H11BrF3NO. The van der Waals surface area contributed by atoms with Gasteiger partial charge in [0.05, 0.1) is 5.56 Å². The number of ether oxygens (including phenoxy) is 1. The Hall–Kier alpha value is -1.69. The van der Waals surface area contributed by atoms with Gasteiger partial charge in [0.2, 0.25) is 0 Å². The van der Waals surface area contributed by atoms with Crippen molar-refractivity contribution in [3.8, 4) is 5.75 Å². The molecule has 6 heteroatoms. The van der Waals surface area contributed by atoms with Crippen LogP contribution < -0.4 is 10.5 Å². The summed E-state index contributed by atoms with van der Waals surface area (Å²) in [7, 11) is 0. The first-order valence-corrected chi connectivity index (χ1v) is 6.49. The van der Waals surface area contributed by atoms with Gasteiger partial charge in [0, 0.05) is 16.2 Å². The largest absolute Gasteiger partial charge is 0.489 e. The average Bonchev–Trinajstić information content (AvgIpc) is 2.35. The second kappa shape index (κ2) is 5.75. The Morgan fingerprint density at radius 2 is 1.70 bits per heavy atom. The lowest BCUT2D eigenvalue weighted by Crippen LogP contribution is -2.05. The number of rotatable bonds is 3. The molecule has 20 heavy (non-hydrogen) atoms. The highest BCUT2D eigenvalue weighted by atomic mass is 79.9. The number of hydrogen-bond donors (Lipinski definition) is 1. The molecule has 0 bridgehead atoms. The number of anilines is 1. The van der Waals surface area contributed by atoms with E-state index < -0.39 is 11.7 Å². The molecule has 0 aliphatic carbocycles. The van der Waals surface area contributed by atoms with Gasteiger partial charge in [0.1, 0.15) is 12.4 Å². The van der Waals surface area contributed by atoms with Gasteiger partial charge < -0.3 is 10.5 Å². The number of nitrogens with two attached hydrogens (primary N) is 1. The third kappa shape index (κ3) is 3.90. The molecule has 0 aliphatic heterocycles. The summed E-state index contributed by atoms with van der Waals surface area (Å²) in [6.45, 7) is 0.175. The SMILES string of the molecule is Nc1cc(Br)cc(OCc2ccc(C(F)(F)F)cc2)c1. The van der Waals surface area contributed by atoms with E-state index in [4.69, 9.17) is 10.5 Å². The van der Waals surface area contributed by atoms with Crippen molar-refractivity contribution in [3.05, 3.63) is 58.1 Å². The van der Waals surface area contributed by atoms with Crippen molar-refractivity contribution in [2.45, 2.75) is 12.8 Å². The van der Waals surface area contributed by atoms with Crippen LogP contribution in [-0.2, 0) is 12.8 Å². The lowest BCUT2D eigenvalue weighted by molar-refractivity contribution is -0.137. The number of halogens is 4. The fraction of sp³-hybridized carbons (Fsp3) is 0.143. The van der Waals surface area contributed by atoms with Crippen LogP contribution in [0.5, 0.6) is 5.75 Å². The number of hydrogen-bond acceptors (Lipinski definition) is 2. The highest BCUT2D eigenvalue weighted by molar-refractivity contribution is 9.10. The quantitative estimate of drug-likeness (QED) is 0.823. The number of nitrogen functional groups attached to an aromatic ring is 1. The molecule has 0 aromatic heterocycles. The molecule has 0 spiro atoms. The van der Waals surface area contributed by atoms with Crippen LogP contribution in [-0.4, -0.2) is 0 Å². The zero-order valence-corrected chi connectivity index (χ0v) is 11.8. The summed E-state index contributed by atoms with van der Waals surface area (Å²) < 4.78 is 43.5. The Balaban J connectivity index is 2.04. The predicted molar refractivity (Wildman–Crippen MR) is 74.3 cm³/mol. The fourth-order valence-electron chi connectivity index (χ4n) is 1.62. The van der Waals surface area contributed by atoms with E-state index in [0.29, 0.717) is 17.0 Å². The van der Waals surface area contributed by atoms with Gasteiger partial charge in [-0.1, -0.05) is 28.1 Å². The summed E-state index contributed by atoms with van der Waals surface area (Å²) in [5, 5.41) is 0. The highest BCUT2D eigenvalue weighted by Gasteiger charge is 2.29. The third-order valence-corrected chi connectivity index (χ3v) is 3.04. The zero-order valence-electron chi connectivity index (χ0n) is 10.2. The van der Waals surface area contributed by atoms with Gasteiger partial charge in [0.15, 0.2) is 0 Å². The molecular weight excluding hydrogens is 335 g/mol. The van der Waals surface area contributed by atoms with Crippen LogP contribution in [0, 0.1) is 0 Å². The second-order valence-corrected chi connectivity index (χ2v) is 5.12. The highest BCUT2D eigenvalue weighted by Crippen LogP contribution is 2.29. The first kappa shape index (κ1) is 14.7. The van der Waals surface area contributed by atoms with Gasteiger partial charge in [-0.3, -0.25) is 0 Å². The topological polar surface area (TPSA) is 35.2 Å². The van der Waals surface area contributed by atoms with Crippen LogP contribution in [0.25, 0.3) is 0 Å². The van der Waals surface area contributed by atoms with Gasteiger partial charge >= 0.3 is 6.18 Å². The van der Waals surface area contributed by atoms with Crippen molar-refractivity contribution in [1.29, 1.82) is 0 Å². The van der Waals surface area contributed by atoms with Gasteiger partial charge in [-0.25, -0.2) is 0 Å². The van der Waals surface area contributed by atoms with E-state index >= 15 is 0 Å². The Bertz CT molecular complexity index is 576. The smallest absolute Gasteiger partial charge is 0.416 e. The summed E-state index contributed by atoms with van der Waals surface area (Å²) >= 11 is 3.29. The summed E-state index contributed by atoms with van der Waals surface area (Å²) in [5.74, 6) is 0.553. The Kier molecular flexibility index (Phi) is 4.23. The molecule has 0 amide bonds. The van der Waals surface area contributed by atoms with E-state index in [2.05, 4.69) is 15.9 Å². The van der Waals surface area contributed by atoms with E-state index in [1.807, 2.05) is 0 Å². The Morgan fingerprint density at radius 1 is 1.05 bits per heavy atom. The fourth-order valence-corrected chi connectivity index (χ4v) is 2.11. The van der Waals surface area contributed by atoms with Gasteiger partial charge in [-0.2, -0.15) is 13.2 Å². The van der Waals surface area contributed by atoms with Crippen LogP contribution >= 0.6 is 15.9 Å². The van der Waals surface area contributed by atoms with E-state index in [9.17, 15) is 13.2 Å². The average molecular weight is 346 g/mol. The third-order valence-electron chi connectivity index (χ3n) is 2.58. The molecule has 2 aromatic carbocycles. The minimum Gasteiger partial charge on any atom is -0.489 e. The van der Waals surface area contributed by atoms with Crippen LogP contribution in [0.15, 0.2) is 46.9 Å². The zero-order chi connectivity index (χ0) is 14.8. The number of alkyl halides is 3. The lowest BCUT2D eigenvalue weighted by Gasteiger charge is -2.10. The molecule has 2 rings (SSSR count). The Morgan fingerprint density at radius 3 is 2.25 bits per heavy atom. The second-order valence-electron chi connectivity index (χ2n) is 4.20. The maximum Gasteiger partial charge on any atom is 0.416 e. The van der Waals surface area contributed by atoms with Crippen molar-refractivity contribution in [2.24, 2.45) is 0 Å². The van der Waals surface area contributed by atoms with Crippen molar-refractivity contribution in [2.75, 3.05) is 5.73 Å². The van der Waals surface area contributed by atoms with Crippen molar-refractivity contribution in [3.63, 3.8) is 0 Å². The van der Waals surface area contributed by atoms with E-state index in [0.717, 1.165) is 16.6 Å². The molecule has 2 N–H and O–H groups in total. The molecule has 0 saturated heterocycles.